The summed E-state index contributed by atoms with van der Waals surface area (Å²) >= 11 is 0. The van der Waals surface area contributed by atoms with Crippen LogP contribution < -0.4 is 4.90 Å². The highest BCUT2D eigenvalue weighted by Gasteiger charge is 2.19. The molecule has 2 aromatic heterocycles. The lowest BCUT2D eigenvalue weighted by Crippen LogP contribution is -2.11. The summed E-state index contributed by atoms with van der Waals surface area (Å²) in [6.07, 6.45) is 0. The molecule has 240 valence electrons. The van der Waals surface area contributed by atoms with Crippen molar-refractivity contribution in [1.29, 1.82) is 0 Å². The summed E-state index contributed by atoms with van der Waals surface area (Å²) in [4.78, 5) is 7.13. The maximum absolute atomic E-state index is 6.38. The van der Waals surface area contributed by atoms with Crippen molar-refractivity contribution in [2.75, 3.05) is 4.90 Å². The molecule has 10 aromatic rings. The van der Waals surface area contributed by atoms with E-state index < -0.39 is 0 Å². The van der Waals surface area contributed by atoms with Crippen molar-refractivity contribution in [1.82, 2.24) is 4.98 Å². The second-order valence-electron chi connectivity index (χ2n) is 12.8. The number of nitrogens with zero attached hydrogens (tertiary/aromatic N) is 2. The van der Waals surface area contributed by atoms with Crippen LogP contribution in [0.2, 0.25) is 0 Å². The van der Waals surface area contributed by atoms with E-state index in [2.05, 4.69) is 138 Å². The molecule has 4 heteroatoms. The van der Waals surface area contributed by atoms with Gasteiger partial charge in [-0.3, -0.25) is 0 Å². The second-order valence-corrected chi connectivity index (χ2v) is 12.8. The van der Waals surface area contributed by atoms with Gasteiger partial charge in [0.05, 0.1) is 5.69 Å². The van der Waals surface area contributed by atoms with Crippen LogP contribution in [0.15, 0.2) is 191 Å². The predicted molar refractivity (Wildman–Crippen MR) is 210 cm³/mol. The van der Waals surface area contributed by atoms with Crippen LogP contribution in [0.5, 0.6) is 0 Å². The zero-order valence-electron chi connectivity index (χ0n) is 27.5. The first kappa shape index (κ1) is 29.0. The molecular weight excluding hydrogens is 625 g/mol. The fourth-order valence-electron chi connectivity index (χ4n) is 7.20. The summed E-state index contributed by atoms with van der Waals surface area (Å²) < 4.78 is 12.7. The van der Waals surface area contributed by atoms with Crippen LogP contribution in [-0.4, -0.2) is 4.98 Å². The Kier molecular flexibility index (Phi) is 6.78. The third kappa shape index (κ3) is 5.04. The molecule has 10 rings (SSSR count). The Labute approximate surface area is 294 Å². The van der Waals surface area contributed by atoms with Gasteiger partial charge in [-0.05, 0) is 82.7 Å². The highest BCUT2D eigenvalue weighted by molar-refractivity contribution is 6.07. The Morgan fingerprint density at radius 1 is 0.412 bits per heavy atom. The van der Waals surface area contributed by atoms with Crippen LogP contribution in [0.4, 0.5) is 17.1 Å². The van der Waals surface area contributed by atoms with E-state index in [1.54, 1.807) is 0 Å². The SMILES string of the molecule is c1ccc(-c2nc3ccc4ccc(-c5ccc(N(c6ccc7c(c6)oc6ccccc67)c6ccccc6-c6ccccc6)cc5)cc4c3o2)cc1. The van der Waals surface area contributed by atoms with Gasteiger partial charge in [0.25, 0.3) is 0 Å². The van der Waals surface area contributed by atoms with Gasteiger partial charge in [0.2, 0.25) is 5.89 Å². The Balaban J connectivity index is 1.09. The summed E-state index contributed by atoms with van der Waals surface area (Å²) in [7, 11) is 0. The van der Waals surface area contributed by atoms with Crippen LogP contribution in [0, 0.1) is 0 Å². The van der Waals surface area contributed by atoms with E-state index in [9.17, 15) is 0 Å². The first-order valence-electron chi connectivity index (χ1n) is 17.1. The van der Waals surface area contributed by atoms with Gasteiger partial charge < -0.3 is 13.7 Å². The van der Waals surface area contributed by atoms with Crippen LogP contribution in [0.25, 0.3) is 77.5 Å². The van der Waals surface area contributed by atoms with Crippen molar-refractivity contribution in [3.05, 3.63) is 182 Å². The molecule has 0 aliphatic rings. The third-order valence-corrected chi connectivity index (χ3v) is 9.70. The first-order valence-corrected chi connectivity index (χ1v) is 17.1. The predicted octanol–water partition coefficient (Wildman–Crippen LogP) is 13.4. The molecule has 0 aliphatic carbocycles. The highest BCUT2D eigenvalue weighted by Crippen LogP contribution is 2.43. The molecule has 0 unspecified atom stereocenters. The van der Waals surface area contributed by atoms with Crippen molar-refractivity contribution in [3.8, 4) is 33.7 Å². The van der Waals surface area contributed by atoms with Gasteiger partial charge in [0, 0.05) is 44.7 Å². The van der Waals surface area contributed by atoms with Crippen LogP contribution >= 0.6 is 0 Å². The normalized spacial score (nSPS) is 11.5. The fraction of sp³-hybridized carbons (Fsp3) is 0. The summed E-state index contributed by atoms with van der Waals surface area (Å²) in [5.41, 5.74) is 12.0. The minimum absolute atomic E-state index is 0.629. The lowest BCUT2D eigenvalue weighted by Gasteiger charge is -2.28. The highest BCUT2D eigenvalue weighted by atomic mass is 16.3. The van der Waals surface area contributed by atoms with E-state index in [1.165, 1.54) is 0 Å². The largest absolute Gasteiger partial charge is 0.456 e. The molecule has 0 bridgehead atoms. The number of aromatic nitrogens is 1. The number of anilines is 3. The maximum Gasteiger partial charge on any atom is 0.227 e. The molecule has 0 amide bonds. The molecule has 0 fully saturated rings. The Morgan fingerprint density at radius 2 is 1.08 bits per heavy atom. The van der Waals surface area contributed by atoms with Gasteiger partial charge in [0.15, 0.2) is 5.58 Å². The quantitative estimate of drug-likeness (QED) is 0.179. The number of benzene rings is 8. The first-order chi connectivity index (χ1) is 25.3. The van der Waals surface area contributed by atoms with Gasteiger partial charge in [0.1, 0.15) is 16.7 Å². The van der Waals surface area contributed by atoms with E-state index in [4.69, 9.17) is 13.8 Å². The topological polar surface area (TPSA) is 42.4 Å². The van der Waals surface area contributed by atoms with Crippen molar-refractivity contribution >= 4 is 60.9 Å². The molecule has 0 saturated heterocycles. The molecule has 2 heterocycles. The average Bonchev–Trinajstić information content (AvgIpc) is 3.81. The number of furan rings is 1. The van der Waals surface area contributed by atoms with E-state index in [1.807, 2.05) is 48.5 Å². The minimum Gasteiger partial charge on any atom is -0.456 e. The zero-order valence-corrected chi connectivity index (χ0v) is 27.5. The van der Waals surface area contributed by atoms with E-state index in [-0.39, 0.29) is 0 Å². The average molecular weight is 655 g/mol. The Bertz CT molecular complexity index is 2850. The number of oxazole rings is 1. The minimum atomic E-state index is 0.629. The number of rotatable bonds is 6. The molecule has 0 atom stereocenters. The molecule has 51 heavy (non-hydrogen) atoms. The lowest BCUT2D eigenvalue weighted by molar-refractivity contribution is 0.623. The van der Waals surface area contributed by atoms with E-state index in [0.717, 1.165) is 88.7 Å². The molecular formula is C47H30N2O2. The number of fused-ring (bicyclic) bond motifs is 6. The smallest absolute Gasteiger partial charge is 0.227 e. The standard InChI is InChI=1S/C47H30N2O2/c1-3-11-32(12-4-1)38-15-7-9-17-43(38)49(37-26-27-40-39-16-8-10-18-44(39)50-45(40)30-37)36-24-21-31(22-25-36)35-20-19-33-23-28-42-46(41(33)29-35)51-47(48-42)34-13-5-2-6-14-34/h1-30H. The third-order valence-electron chi connectivity index (χ3n) is 9.70. The molecule has 0 saturated carbocycles. The van der Waals surface area contributed by atoms with Gasteiger partial charge in [-0.15, -0.1) is 0 Å². The molecule has 0 spiro atoms. The molecule has 4 nitrogen and oxygen atoms in total. The van der Waals surface area contributed by atoms with Gasteiger partial charge in [-0.25, -0.2) is 4.98 Å². The van der Waals surface area contributed by atoms with Gasteiger partial charge in [-0.2, -0.15) is 0 Å². The zero-order chi connectivity index (χ0) is 33.7. The second kappa shape index (κ2) is 11.9. The van der Waals surface area contributed by atoms with Crippen LogP contribution in [0.1, 0.15) is 0 Å². The van der Waals surface area contributed by atoms with E-state index >= 15 is 0 Å². The van der Waals surface area contributed by atoms with Crippen LogP contribution in [-0.2, 0) is 0 Å². The summed E-state index contributed by atoms with van der Waals surface area (Å²) in [5.74, 6) is 0.629. The van der Waals surface area contributed by atoms with Crippen molar-refractivity contribution in [2.45, 2.75) is 0 Å². The van der Waals surface area contributed by atoms with Crippen molar-refractivity contribution in [2.24, 2.45) is 0 Å². The number of para-hydroxylation sites is 2. The molecule has 0 N–H and O–H groups in total. The number of hydrogen-bond donors (Lipinski definition) is 0. The lowest BCUT2D eigenvalue weighted by atomic mass is 9.99. The van der Waals surface area contributed by atoms with Gasteiger partial charge in [-0.1, -0.05) is 115 Å². The molecule has 8 aromatic carbocycles. The molecule has 0 radical (unpaired) electrons. The molecule has 0 aliphatic heterocycles. The monoisotopic (exact) mass is 654 g/mol. The Hall–Kier alpha value is -6.91. The Morgan fingerprint density at radius 3 is 1.92 bits per heavy atom. The van der Waals surface area contributed by atoms with Crippen LogP contribution in [0.3, 0.4) is 0 Å². The maximum atomic E-state index is 6.38. The summed E-state index contributed by atoms with van der Waals surface area (Å²) in [6, 6.07) is 63.4. The summed E-state index contributed by atoms with van der Waals surface area (Å²) in [6.45, 7) is 0. The van der Waals surface area contributed by atoms with Crippen molar-refractivity contribution in [3.63, 3.8) is 0 Å². The fourth-order valence-corrected chi connectivity index (χ4v) is 7.20. The summed E-state index contributed by atoms with van der Waals surface area (Å²) in [5, 5.41) is 4.38. The van der Waals surface area contributed by atoms with Gasteiger partial charge >= 0.3 is 0 Å². The van der Waals surface area contributed by atoms with Crippen molar-refractivity contribution < 1.29 is 8.83 Å². The van der Waals surface area contributed by atoms with E-state index in [0.29, 0.717) is 5.89 Å². The number of hydrogen-bond acceptors (Lipinski definition) is 4.